The number of nitrogens with one attached hydrogen (secondary N) is 1. The van der Waals surface area contributed by atoms with Crippen molar-refractivity contribution in [1.82, 2.24) is 20.4 Å². The van der Waals surface area contributed by atoms with Crippen molar-refractivity contribution < 1.29 is 4.79 Å². The van der Waals surface area contributed by atoms with Crippen LogP contribution in [0.1, 0.15) is 44.2 Å². The van der Waals surface area contributed by atoms with Crippen molar-refractivity contribution in [1.29, 1.82) is 0 Å². The van der Waals surface area contributed by atoms with E-state index >= 15 is 0 Å². The van der Waals surface area contributed by atoms with Crippen molar-refractivity contribution in [2.75, 3.05) is 0 Å². The molecular weight excluding hydrogens is 350 g/mol. The molecular formula is C22H25N5O. The first-order valence-electron chi connectivity index (χ1n) is 9.41. The van der Waals surface area contributed by atoms with E-state index in [4.69, 9.17) is 0 Å². The Morgan fingerprint density at radius 1 is 1.18 bits per heavy atom. The number of benzene rings is 2. The normalized spacial score (nSPS) is 12.2. The van der Waals surface area contributed by atoms with Crippen LogP contribution in [0.4, 0.5) is 0 Å². The van der Waals surface area contributed by atoms with Gasteiger partial charge >= 0.3 is 0 Å². The minimum Gasteiger partial charge on any atom is -0.273 e. The van der Waals surface area contributed by atoms with Crippen molar-refractivity contribution in [3.63, 3.8) is 0 Å². The molecule has 1 amide bonds. The lowest BCUT2D eigenvalue weighted by Gasteiger charge is -2.05. The Morgan fingerprint density at radius 3 is 2.68 bits per heavy atom. The number of nitrogens with zero attached hydrogens (tertiary/aromatic N) is 4. The number of carbonyl (C=O) groups is 1. The van der Waals surface area contributed by atoms with Crippen LogP contribution < -0.4 is 5.43 Å². The lowest BCUT2D eigenvalue weighted by atomic mass is 10.0. The summed E-state index contributed by atoms with van der Waals surface area (Å²) in [6, 6.07) is 16.1. The number of carbonyl (C=O) groups excluding carboxylic acids is 1. The summed E-state index contributed by atoms with van der Waals surface area (Å²) in [5, 5.41) is 12.2. The van der Waals surface area contributed by atoms with Gasteiger partial charge in [0.2, 0.25) is 5.91 Å². The number of hydrazone groups is 1. The third kappa shape index (κ3) is 5.13. The number of amides is 1. The van der Waals surface area contributed by atoms with E-state index in [0.29, 0.717) is 12.5 Å². The molecule has 144 valence electrons. The topological polar surface area (TPSA) is 72.2 Å². The van der Waals surface area contributed by atoms with Crippen molar-refractivity contribution in [3.05, 3.63) is 65.2 Å². The fourth-order valence-corrected chi connectivity index (χ4v) is 2.83. The summed E-state index contributed by atoms with van der Waals surface area (Å²) in [6.07, 6.45) is 3.96. The van der Waals surface area contributed by atoms with Crippen LogP contribution >= 0.6 is 0 Å². The van der Waals surface area contributed by atoms with Crippen LogP contribution in [0, 0.1) is 0 Å². The number of para-hydroxylation sites is 1. The Labute approximate surface area is 165 Å². The Kier molecular flexibility index (Phi) is 6.32. The number of fused-ring (bicyclic) bond motifs is 1. The van der Waals surface area contributed by atoms with E-state index in [0.717, 1.165) is 22.2 Å². The van der Waals surface area contributed by atoms with E-state index in [1.165, 1.54) is 5.56 Å². The first-order valence-corrected chi connectivity index (χ1v) is 9.41. The molecule has 0 radical (unpaired) electrons. The molecule has 0 bridgehead atoms. The van der Waals surface area contributed by atoms with Gasteiger partial charge in [-0.25, -0.2) is 10.1 Å². The highest BCUT2D eigenvalue weighted by molar-refractivity contribution is 5.86. The fourth-order valence-electron chi connectivity index (χ4n) is 2.83. The van der Waals surface area contributed by atoms with Crippen LogP contribution in [0.5, 0.6) is 0 Å². The van der Waals surface area contributed by atoms with Gasteiger partial charge in [-0.1, -0.05) is 61.5 Å². The summed E-state index contributed by atoms with van der Waals surface area (Å²) in [6.45, 7) is 6.76. The number of allylic oxidation sites excluding steroid dienone is 1. The van der Waals surface area contributed by atoms with Gasteiger partial charge in [0.25, 0.3) is 0 Å². The summed E-state index contributed by atoms with van der Waals surface area (Å²) in [5.74, 6) is 0.358. The molecule has 0 saturated heterocycles. The van der Waals surface area contributed by atoms with Crippen molar-refractivity contribution in [2.24, 2.45) is 5.10 Å². The van der Waals surface area contributed by atoms with E-state index in [9.17, 15) is 4.79 Å². The number of rotatable bonds is 7. The van der Waals surface area contributed by atoms with Gasteiger partial charge < -0.3 is 0 Å². The molecule has 1 N–H and O–H groups in total. The van der Waals surface area contributed by atoms with Crippen LogP contribution in [-0.4, -0.2) is 27.1 Å². The van der Waals surface area contributed by atoms with Gasteiger partial charge in [-0.3, -0.25) is 4.79 Å². The Morgan fingerprint density at radius 2 is 1.93 bits per heavy atom. The molecule has 3 aromatic rings. The third-order valence-corrected chi connectivity index (χ3v) is 4.43. The smallest absolute Gasteiger partial charge is 0.241 e. The molecule has 1 aromatic heterocycles. The first-order chi connectivity index (χ1) is 13.5. The van der Waals surface area contributed by atoms with E-state index in [-0.39, 0.29) is 12.3 Å². The summed E-state index contributed by atoms with van der Waals surface area (Å²) >= 11 is 0. The highest BCUT2D eigenvalue weighted by atomic mass is 16.2. The summed E-state index contributed by atoms with van der Waals surface area (Å²) in [5.41, 5.74) is 7.68. The van der Waals surface area contributed by atoms with Crippen molar-refractivity contribution in [2.45, 2.75) is 39.7 Å². The zero-order chi connectivity index (χ0) is 19.9. The molecule has 0 spiro atoms. The lowest BCUT2D eigenvalue weighted by molar-refractivity contribution is -0.121. The molecule has 2 aromatic carbocycles. The van der Waals surface area contributed by atoms with Crippen LogP contribution in [0.15, 0.2) is 59.2 Å². The van der Waals surface area contributed by atoms with E-state index in [2.05, 4.69) is 59.0 Å². The second-order valence-electron chi connectivity index (χ2n) is 7.05. The second-order valence-corrected chi connectivity index (χ2v) is 7.05. The minimum atomic E-state index is -0.162. The maximum atomic E-state index is 12.0. The number of hydrogen-bond acceptors (Lipinski definition) is 4. The van der Waals surface area contributed by atoms with E-state index in [1.807, 2.05) is 37.3 Å². The monoisotopic (exact) mass is 375 g/mol. The quantitative estimate of drug-likeness (QED) is 0.498. The molecule has 28 heavy (non-hydrogen) atoms. The largest absolute Gasteiger partial charge is 0.273 e. The van der Waals surface area contributed by atoms with Gasteiger partial charge in [0.05, 0.1) is 18.3 Å². The molecule has 0 saturated carbocycles. The zero-order valence-electron chi connectivity index (χ0n) is 16.5. The third-order valence-electron chi connectivity index (χ3n) is 4.43. The van der Waals surface area contributed by atoms with Crippen molar-refractivity contribution >= 4 is 29.2 Å². The first kappa shape index (κ1) is 19.5. The van der Waals surface area contributed by atoms with E-state index < -0.39 is 0 Å². The Bertz CT molecular complexity index is 999. The summed E-state index contributed by atoms with van der Waals surface area (Å²) in [7, 11) is 0. The molecule has 1 heterocycles. The maximum absolute atomic E-state index is 12.0. The summed E-state index contributed by atoms with van der Waals surface area (Å²) < 4.78 is 1.73. The second kappa shape index (κ2) is 9.08. The summed E-state index contributed by atoms with van der Waals surface area (Å²) in [4.78, 5) is 12.0. The van der Waals surface area contributed by atoms with Gasteiger partial charge in [-0.2, -0.15) is 5.10 Å². The molecule has 0 atom stereocenters. The van der Waals surface area contributed by atoms with Crippen LogP contribution in [0.3, 0.4) is 0 Å². The zero-order valence-corrected chi connectivity index (χ0v) is 16.5. The van der Waals surface area contributed by atoms with Crippen LogP contribution in [0.2, 0.25) is 0 Å². The highest BCUT2D eigenvalue weighted by Gasteiger charge is 2.06. The highest BCUT2D eigenvalue weighted by Crippen LogP contribution is 2.16. The predicted molar refractivity (Wildman–Crippen MR) is 113 cm³/mol. The molecule has 0 aliphatic carbocycles. The van der Waals surface area contributed by atoms with Gasteiger partial charge in [-0.05, 0) is 41.7 Å². The SMILES string of the molecule is C/C(C=NNC(=O)CCn1nnc2ccccc21)=C\c1ccc(C(C)C)cc1. The average molecular weight is 375 g/mol. The molecule has 0 fully saturated rings. The van der Waals surface area contributed by atoms with Gasteiger partial charge in [-0.15, -0.1) is 5.10 Å². The predicted octanol–water partition coefficient (Wildman–Crippen LogP) is 4.15. The molecule has 3 rings (SSSR count). The van der Waals surface area contributed by atoms with E-state index in [1.54, 1.807) is 10.9 Å². The van der Waals surface area contributed by atoms with Crippen molar-refractivity contribution in [3.8, 4) is 0 Å². The number of aromatic nitrogens is 3. The fraction of sp³-hybridized carbons (Fsp3) is 0.273. The average Bonchev–Trinajstić information content (AvgIpc) is 3.10. The molecule has 0 aliphatic rings. The Hall–Kier alpha value is -3.28. The van der Waals surface area contributed by atoms with Crippen LogP contribution in [-0.2, 0) is 11.3 Å². The maximum Gasteiger partial charge on any atom is 0.241 e. The standard InChI is InChI=1S/C22H25N5O/c1-16(2)19-10-8-18(9-11-19)14-17(3)15-23-25-22(28)12-13-27-21-7-5-4-6-20(21)24-26-27/h4-11,14-16H,12-13H2,1-3H3,(H,25,28)/b17-14+,23-15?. The minimum absolute atomic E-state index is 0.162. The number of hydrogen-bond donors (Lipinski definition) is 1. The van der Waals surface area contributed by atoms with Gasteiger partial charge in [0, 0.05) is 6.42 Å². The molecule has 0 unspecified atom stereocenters. The van der Waals surface area contributed by atoms with Crippen LogP contribution in [0.25, 0.3) is 17.1 Å². The lowest BCUT2D eigenvalue weighted by Crippen LogP contribution is -2.19. The molecule has 6 heteroatoms. The van der Waals surface area contributed by atoms with Gasteiger partial charge in [0.1, 0.15) is 5.52 Å². The Balaban J connectivity index is 1.50. The molecule has 0 aliphatic heterocycles. The van der Waals surface area contributed by atoms with Gasteiger partial charge in [0.15, 0.2) is 0 Å². The molecule has 6 nitrogen and oxygen atoms in total. The number of aryl methyl sites for hydroxylation is 1.